The predicted molar refractivity (Wildman–Crippen MR) is 68.6 cm³/mol. The van der Waals surface area contributed by atoms with Crippen molar-refractivity contribution in [1.82, 2.24) is 0 Å². The van der Waals surface area contributed by atoms with Crippen LogP contribution >= 0.6 is 0 Å². The molecule has 86 valence electrons. The fourth-order valence-corrected chi connectivity index (χ4v) is 2.32. The fraction of sp³-hybridized carbons (Fsp3) is 0.786. The van der Waals surface area contributed by atoms with Crippen molar-refractivity contribution in [2.45, 2.75) is 58.3 Å². The van der Waals surface area contributed by atoms with Crippen molar-refractivity contribution >= 4 is 5.71 Å². The Hall–Kier alpha value is -0.590. The van der Waals surface area contributed by atoms with Crippen molar-refractivity contribution in [3.8, 4) is 0 Å². The summed E-state index contributed by atoms with van der Waals surface area (Å²) >= 11 is 0. The summed E-state index contributed by atoms with van der Waals surface area (Å²) in [6.45, 7) is 7.14. The van der Waals surface area contributed by atoms with E-state index in [2.05, 4.69) is 19.6 Å². The monoisotopic (exact) mass is 207 g/mol. The first-order chi connectivity index (χ1) is 7.38. The summed E-state index contributed by atoms with van der Waals surface area (Å²) in [4.78, 5) is 4.79. The number of hydrogen-bond acceptors (Lipinski definition) is 1. The molecule has 0 aromatic rings. The van der Waals surface area contributed by atoms with Gasteiger partial charge in [0, 0.05) is 18.2 Å². The molecule has 1 saturated carbocycles. The van der Waals surface area contributed by atoms with E-state index in [9.17, 15) is 0 Å². The summed E-state index contributed by atoms with van der Waals surface area (Å²) in [6.07, 6.45) is 12.4. The summed E-state index contributed by atoms with van der Waals surface area (Å²) in [5.41, 5.74) is 1.48. The molecular weight excluding hydrogens is 182 g/mol. The van der Waals surface area contributed by atoms with Crippen LogP contribution in [0.15, 0.2) is 17.6 Å². The Morgan fingerprint density at radius 1 is 1.40 bits per heavy atom. The highest BCUT2D eigenvalue weighted by molar-refractivity contribution is 5.87. The largest absolute Gasteiger partial charge is 0.294 e. The van der Waals surface area contributed by atoms with Crippen molar-refractivity contribution in [3.05, 3.63) is 12.7 Å². The number of hydrogen-bond donors (Lipinski definition) is 0. The third-order valence-electron chi connectivity index (χ3n) is 3.23. The summed E-state index contributed by atoms with van der Waals surface area (Å²) in [5.74, 6) is 0.720. The Morgan fingerprint density at radius 2 is 2.27 bits per heavy atom. The summed E-state index contributed by atoms with van der Waals surface area (Å²) in [7, 11) is 0. The van der Waals surface area contributed by atoms with Crippen molar-refractivity contribution in [2.24, 2.45) is 10.9 Å². The SMILES string of the molecule is C=CCC1CCCC/C1=N/CCCCC. The van der Waals surface area contributed by atoms with E-state index >= 15 is 0 Å². The molecule has 0 heterocycles. The lowest BCUT2D eigenvalue weighted by atomic mass is 9.85. The second-order valence-corrected chi connectivity index (χ2v) is 4.55. The summed E-state index contributed by atoms with van der Waals surface area (Å²) in [6, 6.07) is 0. The molecular formula is C14H25N. The van der Waals surface area contributed by atoms with Crippen LogP contribution < -0.4 is 0 Å². The van der Waals surface area contributed by atoms with E-state index < -0.39 is 0 Å². The third-order valence-corrected chi connectivity index (χ3v) is 3.23. The van der Waals surface area contributed by atoms with Crippen LogP contribution in [0, 0.1) is 5.92 Å². The maximum absolute atomic E-state index is 4.79. The van der Waals surface area contributed by atoms with Crippen molar-refractivity contribution in [3.63, 3.8) is 0 Å². The molecule has 0 bridgehead atoms. The quantitative estimate of drug-likeness (QED) is 0.452. The van der Waals surface area contributed by atoms with E-state index in [1.807, 2.05) is 0 Å². The molecule has 0 spiro atoms. The Balaban J connectivity index is 2.36. The highest BCUT2D eigenvalue weighted by atomic mass is 14.7. The van der Waals surface area contributed by atoms with Gasteiger partial charge < -0.3 is 0 Å². The van der Waals surface area contributed by atoms with E-state index in [0.29, 0.717) is 0 Å². The standard InChI is InChI=1S/C14H25N/c1-3-5-8-12-15-14-11-7-6-10-13(14)9-4-2/h4,13H,2-3,5-12H2,1H3/b15-14-. The Bertz CT molecular complexity index is 205. The van der Waals surface area contributed by atoms with Crippen LogP contribution in [-0.2, 0) is 0 Å². The van der Waals surface area contributed by atoms with Gasteiger partial charge in [0.05, 0.1) is 0 Å². The van der Waals surface area contributed by atoms with Gasteiger partial charge in [-0.15, -0.1) is 6.58 Å². The molecule has 0 amide bonds. The Labute approximate surface area is 94.7 Å². The molecule has 1 nitrogen and oxygen atoms in total. The molecule has 0 saturated heterocycles. The van der Waals surface area contributed by atoms with Crippen LogP contribution in [0.25, 0.3) is 0 Å². The summed E-state index contributed by atoms with van der Waals surface area (Å²) in [5, 5.41) is 0. The number of nitrogens with zero attached hydrogens (tertiary/aromatic N) is 1. The van der Waals surface area contributed by atoms with Gasteiger partial charge in [0.25, 0.3) is 0 Å². The molecule has 1 rings (SSSR count). The molecule has 0 radical (unpaired) electrons. The molecule has 1 aliphatic rings. The van der Waals surface area contributed by atoms with Gasteiger partial charge in [0.15, 0.2) is 0 Å². The Kier molecular flexibility index (Phi) is 6.38. The molecule has 0 aromatic heterocycles. The molecule has 0 aromatic carbocycles. The highest BCUT2D eigenvalue weighted by Gasteiger charge is 2.18. The second kappa shape index (κ2) is 7.67. The lowest BCUT2D eigenvalue weighted by Gasteiger charge is -2.23. The average molecular weight is 207 g/mol. The molecule has 0 N–H and O–H groups in total. The second-order valence-electron chi connectivity index (χ2n) is 4.55. The summed E-state index contributed by atoms with van der Waals surface area (Å²) < 4.78 is 0. The molecule has 1 unspecified atom stereocenters. The molecule has 0 aliphatic heterocycles. The number of rotatable bonds is 6. The molecule has 1 aliphatic carbocycles. The Morgan fingerprint density at radius 3 is 3.00 bits per heavy atom. The van der Waals surface area contributed by atoms with E-state index in [1.165, 1.54) is 50.7 Å². The number of unbranched alkanes of at least 4 members (excludes halogenated alkanes) is 2. The minimum atomic E-state index is 0.720. The van der Waals surface area contributed by atoms with E-state index in [0.717, 1.165) is 18.9 Å². The average Bonchev–Trinajstić information content (AvgIpc) is 2.27. The van der Waals surface area contributed by atoms with Gasteiger partial charge in [-0.3, -0.25) is 4.99 Å². The number of aliphatic imine (C=N–C) groups is 1. The minimum Gasteiger partial charge on any atom is -0.294 e. The fourth-order valence-electron chi connectivity index (χ4n) is 2.32. The van der Waals surface area contributed by atoms with Crippen LogP contribution in [0.2, 0.25) is 0 Å². The third kappa shape index (κ3) is 4.63. The van der Waals surface area contributed by atoms with Crippen molar-refractivity contribution < 1.29 is 0 Å². The first-order valence-electron chi connectivity index (χ1n) is 6.52. The van der Waals surface area contributed by atoms with E-state index in [4.69, 9.17) is 4.99 Å². The zero-order valence-electron chi connectivity index (χ0n) is 10.2. The topological polar surface area (TPSA) is 12.4 Å². The van der Waals surface area contributed by atoms with Crippen LogP contribution in [-0.4, -0.2) is 12.3 Å². The molecule has 15 heavy (non-hydrogen) atoms. The first kappa shape index (κ1) is 12.5. The van der Waals surface area contributed by atoms with Gasteiger partial charge >= 0.3 is 0 Å². The molecule has 1 atom stereocenters. The zero-order chi connectivity index (χ0) is 10.9. The van der Waals surface area contributed by atoms with Gasteiger partial charge in [-0.05, 0) is 32.1 Å². The van der Waals surface area contributed by atoms with Crippen molar-refractivity contribution in [2.75, 3.05) is 6.54 Å². The molecule has 1 heteroatoms. The predicted octanol–water partition coefficient (Wildman–Crippen LogP) is 4.38. The van der Waals surface area contributed by atoms with Gasteiger partial charge in [-0.2, -0.15) is 0 Å². The molecule has 1 fully saturated rings. The van der Waals surface area contributed by atoms with Gasteiger partial charge in [0.1, 0.15) is 0 Å². The highest BCUT2D eigenvalue weighted by Crippen LogP contribution is 2.24. The van der Waals surface area contributed by atoms with E-state index in [-0.39, 0.29) is 0 Å². The number of allylic oxidation sites excluding steroid dienone is 1. The first-order valence-corrected chi connectivity index (χ1v) is 6.52. The van der Waals surface area contributed by atoms with Gasteiger partial charge in [-0.25, -0.2) is 0 Å². The lowest BCUT2D eigenvalue weighted by molar-refractivity contribution is 0.527. The van der Waals surface area contributed by atoms with Gasteiger partial charge in [-0.1, -0.05) is 32.3 Å². The van der Waals surface area contributed by atoms with Crippen LogP contribution in [0.1, 0.15) is 58.3 Å². The lowest BCUT2D eigenvalue weighted by Crippen LogP contribution is -2.19. The van der Waals surface area contributed by atoms with Crippen LogP contribution in [0.5, 0.6) is 0 Å². The minimum absolute atomic E-state index is 0.720. The zero-order valence-corrected chi connectivity index (χ0v) is 10.2. The van der Waals surface area contributed by atoms with E-state index in [1.54, 1.807) is 0 Å². The van der Waals surface area contributed by atoms with Gasteiger partial charge in [0.2, 0.25) is 0 Å². The normalized spacial score (nSPS) is 24.3. The van der Waals surface area contributed by atoms with Crippen molar-refractivity contribution in [1.29, 1.82) is 0 Å². The maximum atomic E-state index is 4.79. The maximum Gasteiger partial charge on any atom is 0.0388 e. The van der Waals surface area contributed by atoms with Crippen LogP contribution in [0.3, 0.4) is 0 Å². The smallest absolute Gasteiger partial charge is 0.0388 e. The van der Waals surface area contributed by atoms with Crippen LogP contribution in [0.4, 0.5) is 0 Å².